The maximum absolute atomic E-state index is 12.0. The summed E-state index contributed by atoms with van der Waals surface area (Å²) in [5.74, 6) is -0.0358. The Morgan fingerprint density at radius 3 is 2.71 bits per heavy atom. The lowest BCUT2D eigenvalue weighted by Crippen LogP contribution is -2.40. The van der Waals surface area contributed by atoms with Crippen molar-refractivity contribution in [2.24, 2.45) is 0 Å². The van der Waals surface area contributed by atoms with Gasteiger partial charge in [0.2, 0.25) is 5.91 Å². The first-order chi connectivity index (χ1) is 8.04. The number of carbonyl (C=O) groups excluding carboxylic acids is 1. The molecule has 5 heteroatoms. The molecule has 0 saturated carbocycles. The summed E-state index contributed by atoms with van der Waals surface area (Å²) in [7, 11) is 0. The number of aromatic nitrogens is 1. The molecule has 0 bridgehead atoms. The average molecular weight is 237 g/mol. The highest BCUT2D eigenvalue weighted by atomic mass is 16.3. The molecule has 0 aliphatic heterocycles. The lowest BCUT2D eigenvalue weighted by molar-refractivity contribution is -0.132. The van der Waals surface area contributed by atoms with E-state index in [9.17, 15) is 4.79 Å². The molecule has 1 heterocycles. The van der Waals surface area contributed by atoms with E-state index in [0.717, 1.165) is 0 Å². The summed E-state index contributed by atoms with van der Waals surface area (Å²) >= 11 is 0. The number of aliphatic hydroxyl groups is 1. The van der Waals surface area contributed by atoms with Gasteiger partial charge >= 0.3 is 0 Å². The highest BCUT2D eigenvalue weighted by molar-refractivity contribution is 5.78. The lowest BCUT2D eigenvalue weighted by atomic mass is 10.2. The molecule has 94 valence electrons. The highest BCUT2D eigenvalue weighted by Crippen LogP contribution is 2.06. The van der Waals surface area contributed by atoms with Gasteiger partial charge in [-0.1, -0.05) is 0 Å². The molecule has 0 aliphatic rings. The molecule has 17 heavy (non-hydrogen) atoms. The molecule has 0 spiro atoms. The standard InChI is InChI=1S/C12H19N3O2/c1-9(2)15(5-6-16)12(17)7-11-4-3-10(13)8-14-11/h3-4,8-9,16H,5-7,13H2,1-2H3. The van der Waals surface area contributed by atoms with Crippen LogP contribution in [0.3, 0.4) is 0 Å². The van der Waals surface area contributed by atoms with E-state index in [0.29, 0.717) is 17.9 Å². The van der Waals surface area contributed by atoms with E-state index < -0.39 is 0 Å². The van der Waals surface area contributed by atoms with Crippen LogP contribution < -0.4 is 5.73 Å². The quantitative estimate of drug-likeness (QED) is 0.778. The van der Waals surface area contributed by atoms with Crippen molar-refractivity contribution >= 4 is 11.6 Å². The number of hydrogen-bond donors (Lipinski definition) is 2. The van der Waals surface area contributed by atoms with Gasteiger partial charge in [0.25, 0.3) is 0 Å². The zero-order valence-electron chi connectivity index (χ0n) is 10.3. The monoisotopic (exact) mass is 237 g/mol. The molecular formula is C12H19N3O2. The van der Waals surface area contributed by atoms with Gasteiger partial charge in [0.05, 0.1) is 24.9 Å². The molecule has 0 atom stereocenters. The summed E-state index contributed by atoms with van der Waals surface area (Å²) in [5.41, 5.74) is 6.79. The average Bonchev–Trinajstić information content (AvgIpc) is 2.28. The first-order valence-electron chi connectivity index (χ1n) is 5.65. The second-order valence-corrected chi connectivity index (χ2v) is 4.16. The highest BCUT2D eigenvalue weighted by Gasteiger charge is 2.16. The Bertz CT molecular complexity index is 363. The van der Waals surface area contributed by atoms with Crippen molar-refractivity contribution < 1.29 is 9.90 Å². The van der Waals surface area contributed by atoms with Crippen molar-refractivity contribution in [1.82, 2.24) is 9.88 Å². The Morgan fingerprint density at radius 2 is 2.24 bits per heavy atom. The minimum absolute atomic E-state index is 0.0287. The minimum atomic E-state index is -0.0358. The third-order valence-electron chi connectivity index (χ3n) is 2.46. The van der Waals surface area contributed by atoms with Gasteiger partial charge in [-0.25, -0.2) is 0 Å². The number of nitrogens with zero attached hydrogens (tertiary/aromatic N) is 2. The molecule has 0 radical (unpaired) electrons. The molecule has 1 aromatic heterocycles. The van der Waals surface area contributed by atoms with E-state index in [1.54, 1.807) is 17.0 Å². The van der Waals surface area contributed by atoms with Crippen LogP contribution in [-0.4, -0.2) is 40.1 Å². The van der Waals surface area contributed by atoms with Crippen molar-refractivity contribution in [3.8, 4) is 0 Å². The molecule has 3 N–H and O–H groups in total. The maximum atomic E-state index is 12.0. The predicted octanol–water partition coefficient (Wildman–Crippen LogP) is 0.436. The van der Waals surface area contributed by atoms with Crippen LogP contribution in [0.4, 0.5) is 5.69 Å². The first kappa shape index (κ1) is 13.4. The largest absolute Gasteiger partial charge is 0.397 e. The Morgan fingerprint density at radius 1 is 1.53 bits per heavy atom. The van der Waals surface area contributed by atoms with E-state index in [2.05, 4.69) is 4.98 Å². The van der Waals surface area contributed by atoms with Gasteiger partial charge in [0.15, 0.2) is 0 Å². The second-order valence-electron chi connectivity index (χ2n) is 4.16. The summed E-state index contributed by atoms with van der Waals surface area (Å²) < 4.78 is 0. The van der Waals surface area contributed by atoms with Crippen LogP contribution in [0.2, 0.25) is 0 Å². The summed E-state index contributed by atoms with van der Waals surface area (Å²) in [6.45, 7) is 4.17. The molecule has 5 nitrogen and oxygen atoms in total. The first-order valence-corrected chi connectivity index (χ1v) is 5.65. The summed E-state index contributed by atoms with van der Waals surface area (Å²) in [5, 5.41) is 8.91. The van der Waals surface area contributed by atoms with Gasteiger partial charge in [-0.3, -0.25) is 9.78 Å². The number of nitrogens with two attached hydrogens (primary N) is 1. The number of rotatable bonds is 5. The second kappa shape index (κ2) is 6.20. The molecule has 0 fully saturated rings. The molecule has 1 amide bonds. The fraction of sp³-hybridized carbons (Fsp3) is 0.500. The van der Waals surface area contributed by atoms with Crippen LogP contribution in [0.25, 0.3) is 0 Å². The summed E-state index contributed by atoms with van der Waals surface area (Å²) in [4.78, 5) is 17.7. The van der Waals surface area contributed by atoms with Crippen LogP contribution in [-0.2, 0) is 11.2 Å². The van der Waals surface area contributed by atoms with Crippen LogP contribution >= 0.6 is 0 Å². The molecule has 0 saturated heterocycles. The van der Waals surface area contributed by atoms with Gasteiger partial charge in [-0.05, 0) is 26.0 Å². The fourth-order valence-electron chi connectivity index (χ4n) is 1.58. The van der Waals surface area contributed by atoms with Gasteiger partial charge < -0.3 is 15.7 Å². The number of amides is 1. The molecule has 1 aromatic rings. The fourth-order valence-corrected chi connectivity index (χ4v) is 1.58. The topological polar surface area (TPSA) is 79.5 Å². The number of nitrogen functional groups attached to an aromatic ring is 1. The minimum Gasteiger partial charge on any atom is -0.397 e. The van der Waals surface area contributed by atoms with Crippen LogP contribution in [0.15, 0.2) is 18.3 Å². The Hall–Kier alpha value is -1.62. The number of hydrogen-bond acceptors (Lipinski definition) is 4. The van der Waals surface area contributed by atoms with Crippen molar-refractivity contribution in [2.75, 3.05) is 18.9 Å². The van der Waals surface area contributed by atoms with E-state index in [4.69, 9.17) is 10.8 Å². The van der Waals surface area contributed by atoms with E-state index in [1.807, 2.05) is 13.8 Å². The molecule has 0 unspecified atom stereocenters. The predicted molar refractivity (Wildman–Crippen MR) is 66.3 cm³/mol. The third kappa shape index (κ3) is 4.03. The van der Waals surface area contributed by atoms with Crippen molar-refractivity contribution in [2.45, 2.75) is 26.3 Å². The molecule has 1 rings (SSSR count). The van der Waals surface area contributed by atoms with E-state index >= 15 is 0 Å². The lowest BCUT2D eigenvalue weighted by Gasteiger charge is -2.25. The van der Waals surface area contributed by atoms with E-state index in [1.165, 1.54) is 6.20 Å². The smallest absolute Gasteiger partial charge is 0.228 e. The van der Waals surface area contributed by atoms with Crippen LogP contribution in [0.1, 0.15) is 19.5 Å². The van der Waals surface area contributed by atoms with Gasteiger partial charge in [-0.2, -0.15) is 0 Å². The van der Waals surface area contributed by atoms with Gasteiger partial charge in [0.1, 0.15) is 0 Å². The number of anilines is 1. The Labute approximate surface area is 101 Å². The Balaban J connectivity index is 2.66. The SMILES string of the molecule is CC(C)N(CCO)C(=O)Cc1ccc(N)cn1. The molecule has 0 aliphatic carbocycles. The zero-order valence-corrected chi connectivity index (χ0v) is 10.3. The molecular weight excluding hydrogens is 218 g/mol. The number of pyridine rings is 1. The molecule has 0 aromatic carbocycles. The van der Waals surface area contributed by atoms with Crippen molar-refractivity contribution in [3.63, 3.8) is 0 Å². The van der Waals surface area contributed by atoms with Gasteiger partial charge in [0, 0.05) is 18.3 Å². The van der Waals surface area contributed by atoms with Crippen molar-refractivity contribution in [3.05, 3.63) is 24.0 Å². The maximum Gasteiger partial charge on any atom is 0.228 e. The van der Waals surface area contributed by atoms with E-state index in [-0.39, 0.29) is 25.0 Å². The summed E-state index contributed by atoms with van der Waals surface area (Å²) in [6.07, 6.45) is 1.77. The van der Waals surface area contributed by atoms with Crippen LogP contribution in [0, 0.1) is 0 Å². The normalized spacial score (nSPS) is 10.6. The van der Waals surface area contributed by atoms with Crippen molar-refractivity contribution in [1.29, 1.82) is 0 Å². The third-order valence-corrected chi connectivity index (χ3v) is 2.46. The number of carbonyl (C=O) groups is 1. The summed E-state index contributed by atoms with van der Waals surface area (Å²) in [6, 6.07) is 3.54. The van der Waals surface area contributed by atoms with Gasteiger partial charge in [-0.15, -0.1) is 0 Å². The van der Waals surface area contributed by atoms with Crippen LogP contribution in [0.5, 0.6) is 0 Å². The Kier molecular flexibility index (Phi) is 4.90. The number of aliphatic hydroxyl groups excluding tert-OH is 1. The zero-order chi connectivity index (χ0) is 12.8.